The summed E-state index contributed by atoms with van der Waals surface area (Å²) in [5.41, 5.74) is 7.12. The van der Waals surface area contributed by atoms with Crippen molar-refractivity contribution in [1.29, 1.82) is 0 Å². The lowest BCUT2D eigenvalue weighted by Crippen LogP contribution is -2.24. The van der Waals surface area contributed by atoms with E-state index in [1.807, 2.05) is 12.1 Å². The van der Waals surface area contributed by atoms with Crippen molar-refractivity contribution in [2.75, 3.05) is 13.2 Å². The van der Waals surface area contributed by atoms with E-state index in [4.69, 9.17) is 10.8 Å². The molecule has 0 atom stereocenters. The molecule has 1 amide bonds. The second-order valence-electron chi connectivity index (χ2n) is 3.59. The highest BCUT2D eigenvalue weighted by molar-refractivity contribution is 5.94. The van der Waals surface area contributed by atoms with E-state index in [2.05, 4.69) is 5.32 Å². The summed E-state index contributed by atoms with van der Waals surface area (Å²) in [6.45, 7) is 1.25. The minimum Gasteiger partial charge on any atom is -0.396 e. The summed E-state index contributed by atoms with van der Waals surface area (Å²) >= 11 is 0. The van der Waals surface area contributed by atoms with Gasteiger partial charge in [-0.1, -0.05) is 12.1 Å². The van der Waals surface area contributed by atoms with E-state index in [0.29, 0.717) is 25.1 Å². The highest BCUT2D eigenvalue weighted by Crippen LogP contribution is 2.03. The fraction of sp³-hybridized carbons (Fsp3) is 0.417. The van der Waals surface area contributed by atoms with Crippen LogP contribution in [0.5, 0.6) is 0 Å². The van der Waals surface area contributed by atoms with Crippen molar-refractivity contribution in [1.82, 2.24) is 5.32 Å². The lowest BCUT2D eigenvalue weighted by atomic mass is 10.1. The van der Waals surface area contributed by atoms with Crippen LogP contribution in [0, 0.1) is 0 Å². The van der Waals surface area contributed by atoms with Crippen molar-refractivity contribution in [2.45, 2.75) is 19.4 Å². The van der Waals surface area contributed by atoms with Gasteiger partial charge in [0.05, 0.1) is 0 Å². The Morgan fingerprint density at radius 1 is 1.25 bits per heavy atom. The maximum absolute atomic E-state index is 11.6. The van der Waals surface area contributed by atoms with Crippen LogP contribution in [-0.4, -0.2) is 24.2 Å². The zero-order valence-electron chi connectivity index (χ0n) is 9.28. The van der Waals surface area contributed by atoms with Gasteiger partial charge in [0, 0.05) is 25.3 Å². The lowest BCUT2D eigenvalue weighted by molar-refractivity contribution is 0.0952. The third kappa shape index (κ3) is 4.00. The Kier molecular flexibility index (Phi) is 5.53. The van der Waals surface area contributed by atoms with Gasteiger partial charge in [-0.15, -0.1) is 0 Å². The van der Waals surface area contributed by atoms with Crippen molar-refractivity contribution in [3.63, 3.8) is 0 Å². The minimum atomic E-state index is -0.0819. The summed E-state index contributed by atoms with van der Waals surface area (Å²) < 4.78 is 0. The third-order valence-corrected chi connectivity index (χ3v) is 2.32. The molecular weight excluding hydrogens is 204 g/mol. The number of aliphatic hydroxyl groups is 1. The molecule has 4 N–H and O–H groups in total. The number of nitrogens with one attached hydrogen (secondary N) is 1. The van der Waals surface area contributed by atoms with Crippen LogP contribution in [0.3, 0.4) is 0 Å². The van der Waals surface area contributed by atoms with E-state index in [1.54, 1.807) is 12.1 Å². The molecule has 0 aliphatic heterocycles. The number of amides is 1. The van der Waals surface area contributed by atoms with E-state index in [-0.39, 0.29) is 12.5 Å². The molecule has 88 valence electrons. The first kappa shape index (κ1) is 12.7. The maximum Gasteiger partial charge on any atom is 0.251 e. The molecule has 0 aliphatic rings. The van der Waals surface area contributed by atoms with Crippen molar-refractivity contribution in [3.8, 4) is 0 Å². The number of hydrogen-bond donors (Lipinski definition) is 3. The molecule has 0 bridgehead atoms. The van der Waals surface area contributed by atoms with Crippen molar-refractivity contribution in [3.05, 3.63) is 35.4 Å². The molecule has 0 fully saturated rings. The lowest BCUT2D eigenvalue weighted by Gasteiger charge is -2.05. The molecule has 4 heteroatoms. The van der Waals surface area contributed by atoms with Gasteiger partial charge in [-0.3, -0.25) is 4.79 Å². The van der Waals surface area contributed by atoms with Crippen LogP contribution in [-0.2, 0) is 6.54 Å². The fourth-order valence-corrected chi connectivity index (χ4v) is 1.33. The van der Waals surface area contributed by atoms with Crippen LogP contribution in [0.15, 0.2) is 24.3 Å². The number of carbonyl (C=O) groups is 1. The Labute approximate surface area is 95.5 Å². The zero-order valence-corrected chi connectivity index (χ0v) is 9.28. The summed E-state index contributed by atoms with van der Waals surface area (Å²) in [4.78, 5) is 11.6. The van der Waals surface area contributed by atoms with Gasteiger partial charge in [-0.25, -0.2) is 0 Å². The van der Waals surface area contributed by atoms with E-state index >= 15 is 0 Å². The summed E-state index contributed by atoms with van der Waals surface area (Å²) in [5.74, 6) is -0.0819. The minimum absolute atomic E-state index is 0.0819. The molecule has 0 aliphatic carbocycles. The molecule has 0 unspecified atom stereocenters. The fourth-order valence-electron chi connectivity index (χ4n) is 1.33. The predicted octanol–water partition coefficient (Wildman–Crippen LogP) is 0.648. The number of rotatable bonds is 6. The van der Waals surface area contributed by atoms with Gasteiger partial charge < -0.3 is 16.2 Å². The Morgan fingerprint density at radius 2 is 1.94 bits per heavy atom. The van der Waals surface area contributed by atoms with Gasteiger partial charge in [-0.05, 0) is 30.5 Å². The Hall–Kier alpha value is -1.39. The van der Waals surface area contributed by atoms with Gasteiger partial charge in [0.25, 0.3) is 5.91 Å². The highest BCUT2D eigenvalue weighted by atomic mass is 16.2. The van der Waals surface area contributed by atoms with E-state index in [9.17, 15) is 4.79 Å². The molecule has 1 rings (SSSR count). The second-order valence-corrected chi connectivity index (χ2v) is 3.59. The molecule has 0 radical (unpaired) electrons. The molecule has 0 heterocycles. The summed E-state index contributed by atoms with van der Waals surface area (Å²) in [6, 6.07) is 7.23. The standard InChI is InChI=1S/C12H18N2O2/c13-9-10-3-5-11(6-4-10)12(16)14-7-1-2-8-15/h3-6,15H,1-2,7-9,13H2,(H,14,16). The third-order valence-electron chi connectivity index (χ3n) is 2.32. The largest absolute Gasteiger partial charge is 0.396 e. The van der Waals surface area contributed by atoms with Crippen LogP contribution >= 0.6 is 0 Å². The first-order chi connectivity index (χ1) is 7.77. The van der Waals surface area contributed by atoms with Crippen LogP contribution in [0.1, 0.15) is 28.8 Å². The normalized spacial score (nSPS) is 10.1. The Bertz CT molecular complexity index is 322. The number of unbranched alkanes of at least 4 members (excludes halogenated alkanes) is 1. The second kappa shape index (κ2) is 6.98. The van der Waals surface area contributed by atoms with Crippen LogP contribution < -0.4 is 11.1 Å². The zero-order chi connectivity index (χ0) is 11.8. The van der Waals surface area contributed by atoms with Crippen LogP contribution in [0.2, 0.25) is 0 Å². The first-order valence-electron chi connectivity index (χ1n) is 5.46. The smallest absolute Gasteiger partial charge is 0.251 e. The van der Waals surface area contributed by atoms with Crippen molar-refractivity contribution in [2.24, 2.45) is 5.73 Å². The molecule has 4 nitrogen and oxygen atoms in total. The Balaban J connectivity index is 2.40. The average molecular weight is 222 g/mol. The van der Waals surface area contributed by atoms with Crippen LogP contribution in [0.4, 0.5) is 0 Å². The molecular formula is C12H18N2O2. The number of benzene rings is 1. The van der Waals surface area contributed by atoms with E-state index in [1.165, 1.54) is 0 Å². The molecule has 0 aromatic heterocycles. The van der Waals surface area contributed by atoms with E-state index in [0.717, 1.165) is 12.0 Å². The van der Waals surface area contributed by atoms with Gasteiger partial charge in [0.2, 0.25) is 0 Å². The van der Waals surface area contributed by atoms with Gasteiger partial charge >= 0.3 is 0 Å². The maximum atomic E-state index is 11.6. The van der Waals surface area contributed by atoms with Gasteiger partial charge in [0.1, 0.15) is 0 Å². The Morgan fingerprint density at radius 3 is 2.50 bits per heavy atom. The topological polar surface area (TPSA) is 75.4 Å². The summed E-state index contributed by atoms with van der Waals surface area (Å²) in [7, 11) is 0. The van der Waals surface area contributed by atoms with E-state index < -0.39 is 0 Å². The number of aliphatic hydroxyl groups excluding tert-OH is 1. The van der Waals surface area contributed by atoms with Gasteiger partial charge in [0.15, 0.2) is 0 Å². The number of nitrogens with two attached hydrogens (primary N) is 1. The predicted molar refractivity (Wildman–Crippen MR) is 63.0 cm³/mol. The molecule has 0 saturated heterocycles. The monoisotopic (exact) mass is 222 g/mol. The molecule has 1 aromatic rings. The molecule has 1 aromatic carbocycles. The quantitative estimate of drug-likeness (QED) is 0.618. The first-order valence-corrected chi connectivity index (χ1v) is 5.46. The SMILES string of the molecule is NCc1ccc(C(=O)NCCCCO)cc1. The molecule has 0 saturated carbocycles. The highest BCUT2D eigenvalue weighted by Gasteiger charge is 2.03. The summed E-state index contributed by atoms with van der Waals surface area (Å²) in [5, 5.41) is 11.4. The number of carbonyl (C=O) groups excluding carboxylic acids is 1. The van der Waals surface area contributed by atoms with Crippen molar-refractivity contribution >= 4 is 5.91 Å². The number of hydrogen-bond acceptors (Lipinski definition) is 3. The molecule has 16 heavy (non-hydrogen) atoms. The summed E-state index contributed by atoms with van der Waals surface area (Å²) in [6.07, 6.45) is 1.51. The van der Waals surface area contributed by atoms with Crippen LogP contribution in [0.25, 0.3) is 0 Å². The molecule has 0 spiro atoms. The average Bonchev–Trinajstić information content (AvgIpc) is 2.34. The van der Waals surface area contributed by atoms with Gasteiger partial charge in [-0.2, -0.15) is 0 Å². The van der Waals surface area contributed by atoms with Crippen molar-refractivity contribution < 1.29 is 9.90 Å².